The molecule has 0 saturated heterocycles. The molecule has 1 N–H and O–H groups in total. The Morgan fingerprint density at radius 2 is 1.92 bits per heavy atom. The Bertz CT molecular complexity index is 960. The molecule has 134 valence electrons. The van der Waals surface area contributed by atoms with Crippen molar-refractivity contribution in [1.82, 2.24) is 24.9 Å². The van der Waals surface area contributed by atoms with Gasteiger partial charge in [0.05, 0.1) is 16.4 Å². The van der Waals surface area contributed by atoms with E-state index in [-0.39, 0.29) is 5.91 Å². The highest BCUT2D eigenvalue weighted by Crippen LogP contribution is 2.28. The van der Waals surface area contributed by atoms with Crippen LogP contribution < -0.4 is 0 Å². The second-order valence-corrected chi connectivity index (χ2v) is 6.94. The van der Waals surface area contributed by atoms with Crippen LogP contribution in [0.15, 0.2) is 30.3 Å². The number of fused-ring (bicyclic) bond motifs is 1. The van der Waals surface area contributed by atoms with Crippen molar-refractivity contribution in [3.63, 3.8) is 0 Å². The lowest BCUT2D eigenvalue weighted by Crippen LogP contribution is -2.34. The second-order valence-electron chi connectivity index (χ2n) is 6.57. The number of nitrogens with zero attached hydrogens (tertiary/aromatic N) is 4. The normalized spacial score (nSPS) is 14.2. The first kappa shape index (κ1) is 16.8. The minimum atomic E-state index is -0.124. The van der Waals surface area contributed by atoms with Gasteiger partial charge in [-0.05, 0) is 13.3 Å². The Morgan fingerprint density at radius 1 is 1.19 bits per heavy atom. The highest BCUT2D eigenvalue weighted by Gasteiger charge is 2.27. The Kier molecular flexibility index (Phi) is 4.28. The summed E-state index contributed by atoms with van der Waals surface area (Å²) in [6.45, 7) is 3.06. The van der Waals surface area contributed by atoms with Gasteiger partial charge in [-0.3, -0.25) is 14.6 Å². The van der Waals surface area contributed by atoms with E-state index in [4.69, 9.17) is 16.7 Å². The molecular weight excluding hydrogens is 350 g/mol. The van der Waals surface area contributed by atoms with Crippen molar-refractivity contribution in [2.75, 3.05) is 13.1 Å². The number of rotatable bonds is 2. The molecule has 0 atom stereocenters. The third-order valence-corrected chi connectivity index (χ3v) is 5.40. The van der Waals surface area contributed by atoms with Gasteiger partial charge in [-0.2, -0.15) is 10.2 Å². The maximum absolute atomic E-state index is 12.8. The SMILES string of the molecule is Cc1[nH]nc(C(=O)N2CCc3c(-c4ccccc4)nn(C)c3CC2)c1Cl. The minimum Gasteiger partial charge on any atom is -0.336 e. The number of amides is 1. The fraction of sp³-hybridized carbons (Fsp3) is 0.316. The monoisotopic (exact) mass is 369 g/mol. The molecule has 0 bridgehead atoms. The number of halogens is 1. The molecule has 0 saturated carbocycles. The van der Waals surface area contributed by atoms with Crippen molar-refractivity contribution >= 4 is 17.5 Å². The molecule has 0 unspecified atom stereocenters. The summed E-state index contributed by atoms with van der Waals surface area (Å²) in [5.41, 5.74) is 5.53. The minimum absolute atomic E-state index is 0.124. The van der Waals surface area contributed by atoms with Crippen molar-refractivity contribution in [3.8, 4) is 11.3 Å². The van der Waals surface area contributed by atoms with Crippen LogP contribution in [0.4, 0.5) is 0 Å². The van der Waals surface area contributed by atoms with Crippen molar-refractivity contribution in [3.05, 3.63) is 58.0 Å². The molecule has 2 aromatic heterocycles. The van der Waals surface area contributed by atoms with Gasteiger partial charge in [0.15, 0.2) is 5.69 Å². The van der Waals surface area contributed by atoms with Crippen LogP contribution in [-0.2, 0) is 19.9 Å². The van der Waals surface area contributed by atoms with Gasteiger partial charge in [0.25, 0.3) is 5.91 Å². The molecule has 1 aromatic carbocycles. The number of benzene rings is 1. The average molecular weight is 370 g/mol. The zero-order valence-corrected chi connectivity index (χ0v) is 15.5. The van der Waals surface area contributed by atoms with Crippen molar-refractivity contribution in [2.24, 2.45) is 7.05 Å². The van der Waals surface area contributed by atoms with E-state index in [9.17, 15) is 4.79 Å². The number of carbonyl (C=O) groups is 1. The smallest absolute Gasteiger partial charge is 0.275 e. The molecule has 3 aromatic rings. The first-order chi connectivity index (χ1) is 12.6. The second kappa shape index (κ2) is 6.61. The lowest BCUT2D eigenvalue weighted by atomic mass is 10.0. The number of carbonyl (C=O) groups excluding carboxylic acids is 1. The molecular formula is C19H20ClN5O. The van der Waals surface area contributed by atoms with Crippen LogP contribution in [0.25, 0.3) is 11.3 Å². The summed E-state index contributed by atoms with van der Waals surface area (Å²) in [7, 11) is 1.97. The number of hydrogen-bond donors (Lipinski definition) is 1. The maximum atomic E-state index is 12.8. The van der Waals surface area contributed by atoms with Gasteiger partial charge in [0, 0.05) is 43.4 Å². The number of hydrogen-bond acceptors (Lipinski definition) is 3. The summed E-state index contributed by atoms with van der Waals surface area (Å²) in [6.07, 6.45) is 1.53. The molecule has 1 aliphatic heterocycles. The first-order valence-corrected chi connectivity index (χ1v) is 9.04. The quantitative estimate of drug-likeness (QED) is 0.755. The van der Waals surface area contributed by atoms with Crippen molar-refractivity contribution in [2.45, 2.75) is 19.8 Å². The zero-order chi connectivity index (χ0) is 18.3. The molecule has 0 aliphatic carbocycles. The standard InChI is InChI=1S/C19H20ClN5O/c1-12-16(20)18(22-21-12)19(26)25-10-8-14-15(9-11-25)24(2)23-17(14)13-6-4-3-5-7-13/h3-7H,8-11H2,1-2H3,(H,21,22). The Labute approximate surface area is 156 Å². The summed E-state index contributed by atoms with van der Waals surface area (Å²) in [4.78, 5) is 14.7. The highest BCUT2D eigenvalue weighted by molar-refractivity contribution is 6.34. The summed E-state index contributed by atoms with van der Waals surface area (Å²) < 4.78 is 1.94. The summed E-state index contributed by atoms with van der Waals surface area (Å²) >= 11 is 6.21. The van der Waals surface area contributed by atoms with E-state index in [0.29, 0.717) is 29.5 Å². The van der Waals surface area contributed by atoms with Crippen LogP contribution in [0.5, 0.6) is 0 Å². The van der Waals surface area contributed by atoms with Gasteiger partial charge >= 0.3 is 0 Å². The molecule has 7 heteroatoms. The lowest BCUT2D eigenvalue weighted by Gasteiger charge is -2.19. The van der Waals surface area contributed by atoms with Crippen LogP contribution in [0, 0.1) is 6.92 Å². The molecule has 26 heavy (non-hydrogen) atoms. The number of aryl methyl sites for hydroxylation is 2. The number of H-pyrrole nitrogens is 1. The maximum Gasteiger partial charge on any atom is 0.275 e. The van der Waals surface area contributed by atoms with Crippen molar-refractivity contribution < 1.29 is 4.79 Å². The Hall–Kier alpha value is -2.60. The molecule has 3 heterocycles. The fourth-order valence-electron chi connectivity index (χ4n) is 3.52. The highest BCUT2D eigenvalue weighted by atomic mass is 35.5. The number of aromatic amines is 1. The van der Waals surface area contributed by atoms with Gasteiger partial charge in [0.2, 0.25) is 0 Å². The molecule has 0 radical (unpaired) electrons. The molecule has 4 rings (SSSR count). The van der Waals surface area contributed by atoms with Gasteiger partial charge < -0.3 is 4.90 Å². The fourth-order valence-corrected chi connectivity index (χ4v) is 3.68. The van der Waals surface area contributed by atoms with Crippen LogP contribution in [0.3, 0.4) is 0 Å². The van der Waals surface area contributed by atoms with Gasteiger partial charge in [-0.25, -0.2) is 0 Å². The van der Waals surface area contributed by atoms with E-state index in [0.717, 1.165) is 24.1 Å². The zero-order valence-electron chi connectivity index (χ0n) is 14.8. The third kappa shape index (κ3) is 2.80. The average Bonchev–Trinajstić information content (AvgIpc) is 3.05. The van der Waals surface area contributed by atoms with Crippen LogP contribution >= 0.6 is 11.6 Å². The summed E-state index contributed by atoms with van der Waals surface area (Å²) in [6, 6.07) is 10.2. The van der Waals surface area contributed by atoms with E-state index in [1.807, 2.05) is 41.8 Å². The number of aromatic nitrogens is 4. The number of nitrogens with one attached hydrogen (secondary N) is 1. The largest absolute Gasteiger partial charge is 0.336 e. The molecule has 6 nitrogen and oxygen atoms in total. The van der Waals surface area contributed by atoms with Gasteiger partial charge in [-0.15, -0.1) is 0 Å². The van der Waals surface area contributed by atoms with E-state index in [1.54, 1.807) is 0 Å². The topological polar surface area (TPSA) is 66.8 Å². The van der Waals surface area contributed by atoms with E-state index in [1.165, 1.54) is 11.3 Å². The predicted octanol–water partition coefficient (Wildman–Crippen LogP) is 3.01. The van der Waals surface area contributed by atoms with Crippen LogP contribution in [0.1, 0.15) is 27.4 Å². The Balaban J connectivity index is 1.62. The summed E-state index contributed by atoms with van der Waals surface area (Å²) in [5, 5.41) is 12.0. The van der Waals surface area contributed by atoms with Crippen LogP contribution in [0.2, 0.25) is 5.02 Å². The lowest BCUT2D eigenvalue weighted by molar-refractivity contribution is 0.0756. The summed E-state index contributed by atoms with van der Waals surface area (Å²) in [5.74, 6) is -0.124. The van der Waals surface area contributed by atoms with Crippen LogP contribution in [-0.4, -0.2) is 43.9 Å². The molecule has 0 spiro atoms. The van der Waals surface area contributed by atoms with Gasteiger partial charge in [-0.1, -0.05) is 41.9 Å². The van der Waals surface area contributed by atoms with E-state index >= 15 is 0 Å². The van der Waals surface area contributed by atoms with Crippen molar-refractivity contribution in [1.29, 1.82) is 0 Å². The van der Waals surface area contributed by atoms with E-state index < -0.39 is 0 Å². The van der Waals surface area contributed by atoms with E-state index in [2.05, 4.69) is 22.3 Å². The Morgan fingerprint density at radius 3 is 2.62 bits per heavy atom. The molecule has 1 aliphatic rings. The first-order valence-electron chi connectivity index (χ1n) is 8.66. The molecule has 0 fully saturated rings. The van der Waals surface area contributed by atoms with Gasteiger partial charge in [0.1, 0.15) is 0 Å². The third-order valence-electron chi connectivity index (χ3n) is 4.93. The predicted molar refractivity (Wildman–Crippen MR) is 100 cm³/mol. The molecule has 1 amide bonds.